The Morgan fingerprint density at radius 3 is 1.63 bits per heavy atom. The van der Waals surface area contributed by atoms with Crippen LogP contribution in [0.15, 0.2) is 12.2 Å². The predicted octanol–water partition coefficient (Wildman–Crippen LogP) is 8.54. The van der Waals surface area contributed by atoms with Crippen molar-refractivity contribution >= 4 is 5.97 Å². The first kappa shape index (κ1) is 26.2. The summed E-state index contributed by atoms with van der Waals surface area (Å²) in [6.45, 7) is 6.57. The van der Waals surface area contributed by atoms with Gasteiger partial charge >= 0.3 is 5.97 Å². The van der Waals surface area contributed by atoms with Crippen LogP contribution in [0.25, 0.3) is 0 Å². The van der Waals surface area contributed by atoms with E-state index in [9.17, 15) is 4.79 Å². The van der Waals surface area contributed by atoms with Crippen LogP contribution in [0, 0.1) is 0 Å². The fraction of sp³-hybridized carbons (Fsp3) is 0.880. The van der Waals surface area contributed by atoms with Gasteiger partial charge in [-0.3, -0.25) is 4.79 Å². The molecule has 0 radical (unpaired) electrons. The number of rotatable bonds is 20. The molecule has 27 heavy (non-hydrogen) atoms. The van der Waals surface area contributed by atoms with E-state index in [2.05, 4.69) is 26.8 Å². The van der Waals surface area contributed by atoms with Gasteiger partial charge in [-0.25, -0.2) is 0 Å². The molecular weight excluding hydrogens is 332 g/mol. The molecular formula is C25H48O2. The molecule has 0 rings (SSSR count). The quantitative estimate of drug-likeness (QED) is 0.120. The molecule has 0 aromatic carbocycles. The van der Waals surface area contributed by atoms with Crippen LogP contribution in [0.1, 0.15) is 136 Å². The third-order valence-electron chi connectivity index (χ3n) is 5.19. The number of esters is 1. The first-order valence-corrected chi connectivity index (χ1v) is 12.1. The van der Waals surface area contributed by atoms with Gasteiger partial charge in [0.25, 0.3) is 0 Å². The van der Waals surface area contributed by atoms with Crippen LogP contribution in [0.4, 0.5) is 0 Å². The second kappa shape index (κ2) is 21.5. The Kier molecular flexibility index (Phi) is 20.9. The predicted molar refractivity (Wildman–Crippen MR) is 119 cm³/mol. The zero-order valence-electron chi connectivity index (χ0n) is 18.8. The molecule has 0 bridgehead atoms. The Hall–Kier alpha value is -0.790. The number of carbonyl (C=O) groups excluding carboxylic acids is 1. The van der Waals surface area contributed by atoms with Crippen molar-refractivity contribution in [2.75, 3.05) is 0 Å². The van der Waals surface area contributed by atoms with E-state index in [1.165, 1.54) is 77.0 Å². The van der Waals surface area contributed by atoms with Crippen LogP contribution >= 0.6 is 0 Å². The number of hydrogen-bond acceptors (Lipinski definition) is 2. The van der Waals surface area contributed by atoms with Gasteiger partial charge in [0, 0.05) is 0 Å². The van der Waals surface area contributed by atoms with Gasteiger partial charge in [0.1, 0.15) is 6.10 Å². The summed E-state index contributed by atoms with van der Waals surface area (Å²) in [5.41, 5.74) is 0. The van der Waals surface area contributed by atoms with E-state index < -0.39 is 0 Å². The van der Waals surface area contributed by atoms with Crippen molar-refractivity contribution < 1.29 is 9.53 Å². The number of allylic oxidation sites excluding steroid dienone is 1. The summed E-state index contributed by atoms with van der Waals surface area (Å²) in [4.78, 5) is 11.9. The minimum Gasteiger partial charge on any atom is -0.462 e. The van der Waals surface area contributed by atoms with E-state index in [1.807, 2.05) is 6.08 Å². The lowest BCUT2D eigenvalue weighted by atomic mass is 10.0. The molecule has 0 heterocycles. The molecule has 0 spiro atoms. The maximum atomic E-state index is 11.9. The van der Waals surface area contributed by atoms with Gasteiger partial charge in [-0.2, -0.15) is 0 Å². The summed E-state index contributed by atoms with van der Waals surface area (Å²) in [5.74, 6) is -0.0622. The fourth-order valence-corrected chi connectivity index (χ4v) is 3.54. The summed E-state index contributed by atoms with van der Waals surface area (Å²) in [5, 5.41) is 0. The van der Waals surface area contributed by atoms with Crippen molar-refractivity contribution in [2.24, 2.45) is 0 Å². The summed E-state index contributed by atoms with van der Waals surface area (Å²) >= 11 is 0. The van der Waals surface area contributed by atoms with Crippen LogP contribution in [0.5, 0.6) is 0 Å². The number of unbranched alkanes of at least 4 members (excludes halogenated alkanes) is 12. The van der Waals surface area contributed by atoms with Crippen molar-refractivity contribution in [1.82, 2.24) is 0 Å². The maximum absolute atomic E-state index is 11.9. The standard InChI is InChI=1S/C25H48O2/c1-4-7-8-9-10-11-12-13-14-15-16-17-18-19-20-23-25(26)27-24(21-5-2)22-6-3/h19-20,24H,4-18,21-23H2,1-3H3. The zero-order chi connectivity index (χ0) is 20.0. The molecule has 0 aliphatic carbocycles. The normalized spacial score (nSPS) is 11.6. The minimum atomic E-state index is -0.0622. The largest absolute Gasteiger partial charge is 0.462 e. The molecule has 0 fully saturated rings. The molecule has 160 valence electrons. The first-order valence-electron chi connectivity index (χ1n) is 12.1. The maximum Gasteiger partial charge on any atom is 0.309 e. The molecule has 0 saturated carbocycles. The monoisotopic (exact) mass is 380 g/mol. The second-order valence-corrected chi connectivity index (χ2v) is 8.04. The smallest absolute Gasteiger partial charge is 0.309 e. The molecule has 0 aromatic heterocycles. The third kappa shape index (κ3) is 19.8. The van der Waals surface area contributed by atoms with Crippen molar-refractivity contribution in [3.05, 3.63) is 12.2 Å². The lowest BCUT2D eigenvalue weighted by Gasteiger charge is -2.15. The van der Waals surface area contributed by atoms with Gasteiger partial charge in [-0.15, -0.1) is 0 Å². The Morgan fingerprint density at radius 1 is 0.667 bits per heavy atom. The number of carbonyl (C=O) groups is 1. The molecule has 0 aliphatic rings. The van der Waals surface area contributed by atoms with Gasteiger partial charge in [-0.05, 0) is 25.7 Å². The highest BCUT2D eigenvalue weighted by atomic mass is 16.5. The zero-order valence-corrected chi connectivity index (χ0v) is 18.8. The fourth-order valence-electron chi connectivity index (χ4n) is 3.54. The first-order chi connectivity index (χ1) is 13.2. The molecule has 0 N–H and O–H groups in total. The summed E-state index contributed by atoms with van der Waals surface area (Å²) in [7, 11) is 0. The van der Waals surface area contributed by atoms with Gasteiger partial charge < -0.3 is 4.74 Å². The molecule has 0 atom stereocenters. The van der Waals surface area contributed by atoms with Crippen LogP contribution in [-0.2, 0) is 9.53 Å². The van der Waals surface area contributed by atoms with Gasteiger partial charge in [0.15, 0.2) is 0 Å². The Balaban J connectivity index is 3.40. The van der Waals surface area contributed by atoms with Gasteiger partial charge in [0.2, 0.25) is 0 Å². The lowest BCUT2D eigenvalue weighted by Crippen LogP contribution is -2.17. The molecule has 0 aliphatic heterocycles. The highest BCUT2D eigenvalue weighted by molar-refractivity contribution is 5.71. The molecule has 0 unspecified atom stereocenters. The van der Waals surface area contributed by atoms with Crippen molar-refractivity contribution in [2.45, 2.75) is 142 Å². The van der Waals surface area contributed by atoms with E-state index >= 15 is 0 Å². The average Bonchev–Trinajstić information content (AvgIpc) is 2.65. The molecule has 0 aromatic rings. The average molecular weight is 381 g/mol. The molecule has 0 amide bonds. The third-order valence-corrected chi connectivity index (χ3v) is 5.19. The van der Waals surface area contributed by atoms with Crippen molar-refractivity contribution in [1.29, 1.82) is 0 Å². The van der Waals surface area contributed by atoms with Crippen molar-refractivity contribution in [3.63, 3.8) is 0 Å². The van der Waals surface area contributed by atoms with E-state index in [1.54, 1.807) is 0 Å². The topological polar surface area (TPSA) is 26.3 Å². The summed E-state index contributed by atoms with van der Waals surface area (Å²) in [6.07, 6.45) is 26.6. The highest BCUT2D eigenvalue weighted by Gasteiger charge is 2.11. The van der Waals surface area contributed by atoms with Gasteiger partial charge in [-0.1, -0.05) is 116 Å². The summed E-state index contributed by atoms with van der Waals surface area (Å²) < 4.78 is 5.56. The second-order valence-electron chi connectivity index (χ2n) is 8.04. The minimum absolute atomic E-state index is 0.0622. The summed E-state index contributed by atoms with van der Waals surface area (Å²) in [6, 6.07) is 0. The number of hydrogen-bond donors (Lipinski definition) is 0. The lowest BCUT2D eigenvalue weighted by molar-refractivity contribution is -0.148. The van der Waals surface area contributed by atoms with Crippen LogP contribution < -0.4 is 0 Å². The van der Waals surface area contributed by atoms with Crippen LogP contribution in [-0.4, -0.2) is 12.1 Å². The van der Waals surface area contributed by atoms with E-state index in [-0.39, 0.29) is 12.1 Å². The Bertz CT molecular complexity index is 329. The molecule has 2 nitrogen and oxygen atoms in total. The Labute approximate surface area is 170 Å². The van der Waals surface area contributed by atoms with E-state index in [4.69, 9.17) is 4.74 Å². The Morgan fingerprint density at radius 2 is 1.15 bits per heavy atom. The van der Waals surface area contributed by atoms with Gasteiger partial charge in [0.05, 0.1) is 6.42 Å². The van der Waals surface area contributed by atoms with E-state index in [0.29, 0.717) is 6.42 Å². The molecule has 2 heteroatoms. The van der Waals surface area contributed by atoms with E-state index in [0.717, 1.165) is 32.1 Å². The SMILES string of the molecule is CCCCCCCCCCCCCCC=CCC(=O)OC(CCC)CCC. The van der Waals surface area contributed by atoms with Crippen LogP contribution in [0.3, 0.4) is 0 Å². The number of ether oxygens (including phenoxy) is 1. The highest BCUT2D eigenvalue weighted by Crippen LogP contribution is 2.13. The van der Waals surface area contributed by atoms with Crippen LogP contribution in [0.2, 0.25) is 0 Å². The van der Waals surface area contributed by atoms with Crippen molar-refractivity contribution in [3.8, 4) is 0 Å². The molecule has 0 saturated heterocycles.